The summed E-state index contributed by atoms with van der Waals surface area (Å²) >= 11 is 0. The molecule has 0 aromatic heterocycles. The second kappa shape index (κ2) is 9.09. The Balaban J connectivity index is 1.66. The summed E-state index contributed by atoms with van der Waals surface area (Å²) in [4.78, 5) is 25.1. The Morgan fingerprint density at radius 3 is 2.15 bits per heavy atom. The van der Waals surface area contributed by atoms with Crippen LogP contribution in [0.2, 0.25) is 0 Å². The molecule has 0 aliphatic heterocycles. The molecular formula is C24H23F4N3O2. The van der Waals surface area contributed by atoms with Crippen LogP contribution in [0.3, 0.4) is 0 Å². The zero-order valence-corrected chi connectivity index (χ0v) is 18.5. The normalized spacial score (nSPS) is 13.6. The number of anilines is 2. The molecule has 3 amide bonds. The van der Waals surface area contributed by atoms with Crippen molar-refractivity contribution in [2.75, 3.05) is 10.6 Å². The fraction of sp³-hybridized carbons (Fsp3) is 0.250. The van der Waals surface area contributed by atoms with E-state index in [0.717, 1.165) is 28.8 Å². The first kappa shape index (κ1) is 24.0. The van der Waals surface area contributed by atoms with Crippen molar-refractivity contribution in [1.29, 1.82) is 0 Å². The van der Waals surface area contributed by atoms with E-state index in [2.05, 4.69) is 16.0 Å². The molecule has 3 N–H and O–H groups in total. The van der Waals surface area contributed by atoms with E-state index in [1.165, 1.54) is 0 Å². The second-order valence-corrected chi connectivity index (χ2v) is 8.00. The van der Waals surface area contributed by atoms with Crippen molar-refractivity contribution in [3.05, 3.63) is 81.3 Å². The molecule has 1 aliphatic rings. The van der Waals surface area contributed by atoms with Gasteiger partial charge in [-0.3, -0.25) is 4.79 Å². The van der Waals surface area contributed by atoms with Crippen molar-refractivity contribution < 1.29 is 27.2 Å². The third-order valence-electron chi connectivity index (χ3n) is 5.23. The Hall–Kier alpha value is -3.62. The number of alkyl halides is 3. The van der Waals surface area contributed by atoms with Crippen molar-refractivity contribution in [1.82, 2.24) is 5.32 Å². The molecule has 0 spiro atoms. The minimum Gasteiger partial charge on any atom is -0.322 e. The minimum atomic E-state index is -4.84. The molecule has 3 rings (SSSR count). The van der Waals surface area contributed by atoms with Gasteiger partial charge in [0.05, 0.1) is 11.3 Å². The molecule has 2 aromatic rings. The molecule has 0 atom stereocenters. The van der Waals surface area contributed by atoms with Crippen LogP contribution in [0.25, 0.3) is 0 Å². The van der Waals surface area contributed by atoms with Gasteiger partial charge in [0.2, 0.25) is 0 Å². The number of hydrogen-bond donors (Lipinski definition) is 3. The molecule has 33 heavy (non-hydrogen) atoms. The minimum absolute atomic E-state index is 0.102. The molecule has 5 nitrogen and oxygen atoms in total. The Morgan fingerprint density at radius 1 is 0.909 bits per heavy atom. The molecule has 1 aliphatic carbocycles. The zero-order valence-electron chi connectivity index (χ0n) is 18.5. The van der Waals surface area contributed by atoms with E-state index < -0.39 is 29.3 Å². The largest absolute Gasteiger partial charge is 0.418 e. The summed E-state index contributed by atoms with van der Waals surface area (Å²) in [6.45, 7) is 7.46. The highest BCUT2D eigenvalue weighted by Gasteiger charge is 2.34. The molecule has 0 saturated carbocycles. The number of carbonyl (C=O) groups is 2. The Labute approximate surface area is 188 Å². The molecule has 0 unspecified atom stereocenters. The molecule has 174 valence electrons. The van der Waals surface area contributed by atoms with Crippen LogP contribution in [0, 0.1) is 26.6 Å². The number of benzene rings is 2. The smallest absolute Gasteiger partial charge is 0.322 e. The van der Waals surface area contributed by atoms with Crippen molar-refractivity contribution in [3.8, 4) is 0 Å². The number of hydrogen-bond acceptors (Lipinski definition) is 2. The van der Waals surface area contributed by atoms with Crippen LogP contribution < -0.4 is 16.0 Å². The van der Waals surface area contributed by atoms with Gasteiger partial charge < -0.3 is 16.0 Å². The predicted molar refractivity (Wildman–Crippen MR) is 118 cm³/mol. The maximum Gasteiger partial charge on any atom is 0.418 e. The Kier molecular flexibility index (Phi) is 6.62. The molecule has 0 radical (unpaired) electrons. The van der Waals surface area contributed by atoms with Gasteiger partial charge in [0.15, 0.2) is 0 Å². The van der Waals surface area contributed by atoms with Crippen LogP contribution in [0.5, 0.6) is 0 Å². The van der Waals surface area contributed by atoms with Gasteiger partial charge in [0, 0.05) is 23.4 Å². The third-order valence-corrected chi connectivity index (χ3v) is 5.23. The summed E-state index contributed by atoms with van der Waals surface area (Å²) in [6.07, 6.45) is -3.16. The molecule has 0 saturated heterocycles. The van der Waals surface area contributed by atoms with E-state index in [4.69, 9.17) is 0 Å². The van der Waals surface area contributed by atoms with Gasteiger partial charge in [-0.25, -0.2) is 9.18 Å². The van der Waals surface area contributed by atoms with Gasteiger partial charge in [-0.1, -0.05) is 17.7 Å². The third kappa shape index (κ3) is 5.60. The van der Waals surface area contributed by atoms with Crippen LogP contribution >= 0.6 is 0 Å². The summed E-state index contributed by atoms with van der Waals surface area (Å²) in [5.41, 5.74) is 3.16. The van der Waals surface area contributed by atoms with E-state index in [9.17, 15) is 27.2 Å². The number of urea groups is 1. The second-order valence-electron chi connectivity index (χ2n) is 8.00. The van der Waals surface area contributed by atoms with Crippen LogP contribution in [0.15, 0.2) is 53.3 Å². The van der Waals surface area contributed by atoms with Crippen molar-refractivity contribution in [3.63, 3.8) is 0 Å². The highest BCUT2D eigenvalue weighted by molar-refractivity contribution is 6.06. The summed E-state index contributed by atoms with van der Waals surface area (Å²) in [7, 11) is 0. The first-order valence-corrected chi connectivity index (χ1v) is 10.1. The number of aryl methyl sites for hydroxylation is 3. The lowest BCUT2D eigenvalue weighted by atomic mass is 10.0. The maximum atomic E-state index is 13.2. The summed E-state index contributed by atoms with van der Waals surface area (Å²) in [5, 5.41) is 7.45. The monoisotopic (exact) mass is 461 g/mol. The van der Waals surface area contributed by atoms with Crippen LogP contribution in [0.4, 0.5) is 33.7 Å². The van der Waals surface area contributed by atoms with Crippen molar-refractivity contribution in [2.45, 2.75) is 40.3 Å². The molecule has 0 heterocycles. The lowest BCUT2D eigenvalue weighted by Gasteiger charge is -2.15. The molecule has 9 heteroatoms. The summed E-state index contributed by atoms with van der Waals surface area (Å²) in [6, 6.07) is 4.96. The van der Waals surface area contributed by atoms with Crippen molar-refractivity contribution >= 4 is 23.3 Å². The van der Waals surface area contributed by atoms with Gasteiger partial charge in [0.1, 0.15) is 5.82 Å². The number of amides is 3. The first-order chi connectivity index (χ1) is 15.3. The molecule has 0 fully saturated rings. The van der Waals surface area contributed by atoms with Crippen LogP contribution in [-0.2, 0) is 11.0 Å². The van der Waals surface area contributed by atoms with Crippen LogP contribution in [0.1, 0.15) is 35.6 Å². The lowest BCUT2D eigenvalue weighted by Crippen LogP contribution is -2.29. The van der Waals surface area contributed by atoms with Gasteiger partial charge in [-0.05, 0) is 68.7 Å². The van der Waals surface area contributed by atoms with Crippen molar-refractivity contribution in [2.24, 2.45) is 0 Å². The molecule has 0 bridgehead atoms. The Bertz CT molecular complexity index is 1170. The Morgan fingerprint density at radius 2 is 1.55 bits per heavy atom. The van der Waals surface area contributed by atoms with E-state index in [0.29, 0.717) is 28.6 Å². The first-order valence-electron chi connectivity index (χ1n) is 10.1. The fourth-order valence-electron chi connectivity index (χ4n) is 3.79. The van der Waals surface area contributed by atoms with E-state index >= 15 is 0 Å². The highest BCUT2D eigenvalue weighted by Crippen LogP contribution is 2.35. The number of rotatable bonds is 4. The van der Waals surface area contributed by atoms with Gasteiger partial charge in [-0.2, -0.15) is 13.2 Å². The van der Waals surface area contributed by atoms with E-state index in [1.54, 1.807) is 13.0 Å². The number of carbonyl (C=O) groups excluding carboxylic acids is 2. The van der Waals surface area contributed by atoms with E-state index in [1.807, 2.05) is 32.9 Å². The fourth-order valence-corrected chi connectivity index (χ4v) is 3.79. The predicted octanol–water partition coefficient (Wildman–Crippen LogP) is 6.13. The SMILES string of the molecule is CC1=C(C(=O)Nc2c(C)cc(C)cc2C)CC(NC(=O)Nc2ccc(F)cc2C(F)(F)F)=C1. The number of nitrogens with one attached hydrogen (secondary N) is 3. The number of halogens is 4. The lowest BCUT2D eigenvalue weighted by molar-refractivity contribution is -0.137. The van der Waals surface area contributed by atoms with Crippen LogP contribution in [-0.4, -0.2) is 11.9 Å². The topological polar surface area (TPSA) is 70.2 Å². The number of allylic oxidation sites excluding steroid dienone is 3. The molecular weight excluding hydrogens is 438 g/mol. The zero-order chi connectivity index (χ0) is 24.5. The van der Waals surface area contributed by atoms with Gasteiger partial charge >= 0.3 is 12.2 Å². The molecule has 2 aromatic carbocycles. The average molecular weight is 461 g/mol. The summed E-state index contributed by atoms with van der Waals surface area (Å²) < 4.78 is 52.6. The highest BCUT2D eigenvalue weighted by atomic mass is 19.4. The average Bonchev–Trinajstić information content (AvgIpc) is 3.05. The van der Waals surface area contributed by atoms with E-state index in [-0.39, 0.29) is 12.3 Å². The van der Waals surface area contributed by atoms with Gasteiger partial charge in [-0.15, -0.1) is 0 Å². The quantitative estimate of drug-likeness (QED) is 0.479. The van der Waals surface area contributed by atoms with Gasteiger partial charge in [0.25, 0.3) is 5.91 Å². The maximum absolute atomic E-state index is 13.2. The summed E-state index contributed by atoms with van der Waals surface area (Å²) in [5.74, 6) is -1.39. The standard InChI is InChI=1S/C24H23F4N3O2/c1-12-7-14(3)21(15(4)8-12)31-22(32)18-11-17(9-13(18)2)29-23(33)30-20-6-5-16(25)10-19(20)24(26,27)28/h5-10H,11H2,1-4H3,(H,31,32)(H2,29,30,33).